The molecule has 2 aromatic rings. The highest BCUT2D eigenvalue weighted by Crippen LogP contribution is 2.47. The summed E-state index contributed by atoms with van der Waals surface area (Å²) in [4.78, 5) is 8.03. The van der Waals surface area contributed by atoms with Crippen LogP contribution in [0.15, 0.2) is 12.5 Å². The monoisotopic (exact) mass is 329 g/mol. The van der Waals surface area contributed by atoms with E-state index in [9.17, 15) is 4.57 Å². The first kappa shape index (κ1) is 16.8. The van der Waals surface area contributed by atoms with Crippen LogP contribution in [0.4, 0.5) is 5.82 Å². The molecular weight excluding hydrogens is 309 g/mol. The molecule has 22 heavy (non-hydrogen) atoms. The fourth-order valence-corrected chi connectivity index (χ4v) is 3.27. The summed E-state index contributed by atoms with van der Waals surface area (Å²) < 4.78 is 29.5. The lowest BCUT2D eigenvalue weighted by atomic mass is 10.3. The van der Waals surface area contributed by atoms with Crippen molar-refractivity contribution in [2.24, 2.45) is 0 Å². The average Bonchev–Trinajstić information content (AvgIpc) is 2.89. The Morgan fingerprint density at radius 2 is 2.00 bits per heavy atom. The lowest BCUT2D eigenvalue weighted by Crippen LogP contribution is -2.08. The molecule has 0 aliphatic rings. The van der Waals surface area contributed by atoms with Crippen molar-refractivity contribution in [3.63, 3.8) is 0 Å². The maximum absolute atomic E-state index is 12.2. The van der Waals surface area contributed by atoms with Gasteiger partial charge in [-0.2, -0.15) is 5.10 Å². The molecule has 9 nitrogen and oxygen atoms in total. The summed E-state index contributed by atoms with van der Waals surface area (Å²) in [7, 11) is -3.17. The first-order chi connectivity index (χ1) is 10.6. The molecule has 0 bridgehead atoms. The maximum atomic E-state index is 12.2. The van der Waals surface area contributed by atoms with Crippen LogP contribution in [0.2, 0.25) is 0 Å². The average molecular weight is 329 g/mol. The van der Waals surface area contributed by atoms with Gasteiger partial charge in [0.05, 0.1) is 31.7 Å². The van der Waals surface area contributed by atoms with Crippen molar-refractivity contribution in [2.75, 3.05) is 31.9 Å². The van der Waals surface area contributed by atoms with Crippen LogP contribution in [0.1, 0.15) is 19.5 Å². The molecule has 2 heterocycles. The number of hydrogen-bond acceptors (Lipinski definition) is 8. The second kappa shape index (κ2) is 7.64. The third-order valence-electron chi connectivity index (χ3n) is 2.81. The number of ether oxygens (including phenoxy) is 1. The summed E-state index contributed by atoms with van der Waals surface area (Å²) in [5.74, 6) is 0.319. The normalized spacial score (nSPS) is 12.1. The fourth-order valence-electron chi connectivity index (χ4n) is 1.91. The smallest absolute Gasteiger partial charge is 0.356 e. The quantitative estimate of drug-likeness (QED) is 0.543. The summed E-state index contributed by atoms with van der Waals surface area (Å²) >= 11 is 0. The highest BCUT2D eigenvalue weighted by atomic mass is 31.2. The van der Waals surface area contributed by atoms with Crippen molar-refractivity contribution in [1.29, 1.82) is 0 Å². The summed E-state index contributed by atoms with van der Waals surface area (Å²) in [6, 6.07) is 0. The van der Waals surface area contributed by atoms with Gasteiger partial charge in [-0.05, 0) is 13.8 Å². The lowest BCUT2D eigenvalue weighted by Gasteiger charge is -2.16. The molecule has 2 rings (SSSR count). The van der Waals surface area contributed by atoms with Crippen molar-refractivity contribution < 1.29 is 18.3 Å². The van der Waals surface area contributed by atoms with Gasteiger partial charge in [0.15, 0.2) is 11.5 Å². The van der Waals surface area contributed by atoms with E-state index < -0.39 is 7.60 Å². The highest BCUT2D eigenvalue weighted by molar-refractivity contribution is 7.53. The third kappa shape index (κ3) is 4.01. The van der Waals surface area contributed by atoms with E-state index in [1.807, 2.05) is 0 Å². The summed E-state index contributed by atoms with van der Waals surface area (Å²) in [5.41, 5.74) is 7.04. The molecule has 0 atom stereocenters. The number of nitrogen functional groups attached to an aromatic ring is 1. The van der Waals surface area contributed by atoms with E-state index in [0.29, 0.717) is 37.7 Å². The number of anilines is 1. The van der Waals surface area contributed by atoms with Gasteiger partial charge in [0.1, 0.15) is 12.7 Å². The first-order valence-electron chi connectivity index (χ1n) is 6.98. The standard InChI is InChI=1S/C12H20N5O4P/c1-3-20-22(18,21-4-2)9-19-6-5-10-7-14-12-11(13)15-8-16-17(10)12/h7-8H,3-6,9H2,1-2H3,(H2,13,15,16). The summed E-state index contributed by atoms with van der Waals surface area (Å²) in [5, 5.41) is 4.09. The van der Waals surface area contributed by atoms with Gasteiger partial charge in [-0.25, -0.2) is 14.5 Å². The summed E-state index contributed by atoms with van der Waals surface area (Å²) in [6.45, 7) is 4.47. The molecule has 0 spiro atoms. The van der Waals surface area contributed by atoms with Crippen molar-refractivity contribution in [1.82, 2.24) is 19.6 Å². The predicted octanol–water partition coefficient (Wildman–Crippen LogP) is 1.49. The van der Waals surface area contributed by atoms with Gasteiger partial charge >= 0.3 is 7.60 Å². The topological polar surface area (TPSA) is 114 Å². The van der Waals surface area contributed by atoms with Crippen LogP contribution in [0, 0.1) is 0 Å². The zero-order valence-corrected chi connectivity index (χ0v) is 13.5. The van der Waals surface area contributed by atoms with E-state index >= 15 is 0 Å². The van der Waals surface area contributed by atoms with E-state index in [-0.39, 0.29) is 6.35 Å². The predicted molar refractivity (Wildman–Crippen MR) is 80.6 cm³/mol. The maximum Gasteiger partial charge on any atom is 0.356 e. The zero-order valence-electron chi connectivity index (χ0n) is 12.6. The molecule has 0 aromatic carbocycles. The number of fused-ring (bicyclic) bond motifs is 1. The van der Waals surface area contributed by atoms with Crippen LogP contribution in [0.5, 0.6) is 0 Å². The van der Waals surface area contributed by atoms with Crippen molar-refractivity contribution in [3.8, 4) is 0 Å². The van der Waals surface area contributed by atoms with Crippen molar-refractivity contribution in [3.05, 3.63) is 18.2 Å². The number of nitrogens with zero attached hydrogens (tertiary/aromatic N) is 4. The Morgan fingerprint density at radius 3 is 2.68 bits per heavy atom. The molecule has 0 saturated carbocycles. The van der Waals surface area contributed by atoms with E-state index in [4.69, 9.17) is 19.5 Å². The second-order valence-corrected chi connectivity index (χ2v) is 6.36. The molecule has 122 valence electrons. The molecule has 0 fully saturated rings. The molecule has 2 aromatic heterocycles. The Hall–Kier alpha value is -1.54. The van der Waals surface area contributed by atoms with Gasteiger partial charge < -0.3 is 19.5 Å². The fraction of sp³-hybridized carbons (Fsp3) is 0.583. The van der Waals surface area contributed by atoms with Gasteiger partial charge in [0.25, 0.3) is 0 Å². The second-order valence-electron chi connectivity index (χ2n) is 4.36. The SMILES string of the molecule is CCOP(=O)(COCCc1cnc2c(N)ncnn12)OCC. The van der Waals surface area contributed by atoms with Gasteiger partial charge in [-0.15, -0.1) is 0 Å². The molecule has 0 aliphatic carbocycles. The minimum atomic E-state index is -3.17. The first-order valence-corrected chi connectivity index (χ1v) is 8.71. The highest BCUT2D eigenvalue weighted by Gasteiger charge is 2.23. The van der Waals surface area contributed by atoms with Crippen LogP contribution in [-0.2, 0) is 24.8 Å². The minimum Gasteiger partial charge on any atom is -0.381 e. The molecule has 0 amide bonds. The van der Waals surface area contributed by atoms with Crippen LogP contribution >= 0.6 is 7.60 Å². The molecule has 10 heteroatoms. The van der Waals surface area contributed by atoms with E-state index in [2.05, 4.69) is 15.1 Å². The largest absolute Gasteiger partial charge is 0.381 e. The van der Waals surface area contributed by atoms with Gasteiger partial charge in [0.2, 0.25) is 0 Å². The number of hydrogen-bond donors (Lipinski definition) is 1. The number of aromatic nitrogens is 4. The molecule has 0 unspecified atom stereocenters. The number of nitrogens with two attached hydrogens (primary N) is 1. The Balaban J connectivity index is 1.90. The Bertz CT molecular complexity index is 652. The Labute approximate surface area is 128 Å². The lowest BCUT2D eigenvalue weighted by molar-refractivity contribution is 0.133. The van der Waals surface area contributed by atoms with Crippen molar-refractivity contribution in [2.45, 2.75) is 20.3 Å². The van der Waals surface area contributed by atoms with Crippen LogP contribution in [-0.4, -0.2) is 45.8 Å². The third-order valence-corrected chi connectivity index (χ3v) is 4.61. The van der Waals surface area contributed by atoms with Gasteiger partial charge in [-0.1, -0.05) is 0 Å². The van der Waals surface area contributed by atoms with Crippen LogP contribution in [0.3, 0.4) is 0 Å². The van der Waals surface area contributed by atoms with Gasteiger partial charge in [-0.3, -0.25) is 4.57 Å². The van der Waals surface area contributed by atoms with E-state index in [1.165, 1.54) is 6.33 Å². The van der Waals surface area contributed by atoms with E-state index in [1.54, 1.807) is 24.6 Å². The molecule has 0 aliphatic heterocycles. The van der Waals surface area contributed by atoms with E-state index in [0.717, 1.165) is 5.69 Å². The summed E-state index contributed by atoms with van der Waals surface area (Å²) in [6.07, 6.45) is 3.49. The molecule has 0 saturated heterocycles. The number of rotatable bonds is 9. The number of imidazole rings is 1. The zero-order chi connectivity index (χ0) is 16.0. The Kier molecular flexibility index (Phi) is 5.84. The molecule has 2 N–H and O–H groups in total. The molecular formula is C12H20N5O4P. The molecule has 0 radical (unpaired) electrons. The van der Waals surface area contributed by atoms with Crippen molar-refractivity contribution >= 4 is 19.1 Å². The van der Waals surface area contributed by atoms with Gasteiger partial charge in [0, 0.05) is 6.42 Å². The van der Waals surface area contributed by atoms with Crippen LogP contribution < -0.4 is 5.73 Å². The Morgan fingerprint density at radius 1 is 1.27 bits per heavy atom. The van der Waals surface area contributed by atoms with Crippen LogP contribution in [0.25, 0.3) is 5.65 Å². The minimum absolute atomic E-state index is 0.0808.